The topological polar surface area (TPSA) is 51.2 Å². The molecule has 0 aromatic rings. The predicted molar refractivity (Wildman–Crippen MR) is 128 cm³/mol. The number of Topliss-reactive ketones (excluding diaryl/α,β-unsaturated/α-hetero) is 3. The number of hydrogen-bond donors (Lipinski definition) is 0. The predicted octanol–water partition coefficient (Wildman–Crippen LogP) is 7.10. The third-order valence-electron chi connectivity index (χ3n) is 10.6. The van der Waals surface area contributed by atoms with Crippen molar-refractivity contribution in [1.29, 1.82) is 0 Å². The van der Waals surface area contributed by atoms with E-state index in [2.05, 4.69) is 20.8 Å². The van der Waals surface area contributed by atoms with Gasteiger partial charge in [-0.25, -0.2) is 0 Å². The van der Waals surface area contributed by atoms with Crippen molar-refractivity contribution in [3.8, 4) is 0 Å². The molecule has 0 amide bonds. The molecule has 0 bridgehead atoms. The third-order valence-corrected chi connectivity index (χ3v) is 10.6. The Balaban J connectivity index is 1.40. The molecule has 0 saturated heterocycles. The van der Waals surface area contributed by atoms with E-state index in [4.69, 9.17) is 0 Å². The van der Waals surface area contributed by atoms with Gasteiger partial charge < -0.3 is 0 Å². The highest BCUT2D eigenvalue weighted by atomic mass is 16.2. The Kier molecular flexibility index (Phi) is 7.32. The van der Waals surface area contributed by atoms with E-state index in [1.165, 1.54) is 57.8 Å². The Hall–Kier alpha value is -0.990. The summed E-state index contributed by atoms with van der Waals surface area (Å²) in [5.41, 5.74) is -0.159. The fraction of sp³-hybridized carbons (Fsp3) is 0.897. The van der Waals surface area contributed by atoms with E-state index in [0.29, 0.717) is 35.9 Å². The molecule has 7 atom stereocenters. The molecule has 3 heteroatoms. The quantitative estimate of drug-likeness (QED) is 0.282. The molecule has 0 spiro atoms. The van der Waals surface area contributed by atoms with Crippen molar-refractivity contribution in [1.82, 2.24) is 0 Å². The van der Waals surface area contributed by atoms with Crippen molar-refractivity contribution in [2.45, 2.75) is 124 Å². The van der Waals surface area contributed by atoms with Crippen molar-refractivity contribution in [2.75, 3.05) is 0 Å². The standard InChI is InChI=1S/C29H46O3/c1-4-5-6-7-8-9-10-11-12-20-19-25(31)29(3)17-15-22-21(26(20)29)13-14-23-27(32)24(30)16-18-28(22,23)2/h20-23,26H,4-19H2,1-3H3/t20?,21-,22-,23?,26+,28-,29-/m1/s1. The van der Waals surface area contributed by atoms with Gasteiger partial charge in [-0.05, 0) is 67.6 Å². The number of unbranched alkanes of at least 4 members (excludes halogenated alkanes) is 7. The number of ketones is 3. The average Bonchev–Trinajstić information content (AvgIpc) is 3.03. The van der Waals surface area contributed by atoms with Crippen LogP contribution in [0.1, 0.15) is 124 Å². The highest BCUT2D eigenvalue weighted by molar-refractivity contribution is 6.38. The second-order valence-corrected chi connectivity index (χ2v) is 12.3. The fourth-order valence-corrected chi connectivity index (χ4v) is 8.81. The number of carbonyl (C=O) groups is 3. The summed E-state index contributed by atoms with van der Waals surface area (Å²) in [6.07, 6.45) is 18.0. The molecule has 0 aromatic carbocycles. The second kappa shape index (κ2) is 9.71. The molecule has 0 heterocycles. The number of carbonyl (C=O) groups excluding carboxylic acids is 3. The van der Waals surface area contributed by atoms with Crippen LogP contribution in [0.5, 0.6) is 0 Å². The zero-order chi connectivity index (χ0) is 22.9. The monoisotopic (exact) mass is 442 g/mol. The molecular weight excluding hydrogens is 396 g/mol. The van der Waals surface area contributed by atoms with Crippen molar-refractivity contribution in [3.05, 3.63) is 0 Å². The maximum atomic E-state index is 13.2. The molecule has 4 fully saturated rings. The highest BCUT2D eigenvalue weighted by Gasteiger charge is 2.63. The molecule has 0 aliphatic heterocycles. The van der Waals surface area contributed by atoms with Gasteiger partial charge in [0, 0.05) is 24.2 Å². The summed E-state index contributed by atoms with van der Waals surface area (Å²) >= 11 is 0. The lowest BCUT2D eigenvalue weighted by Crippen LogP contribution is -2.56. The Bertz CT molecular complexity index is 726. The molecule has 4 aliphatic carbocycles. The van der Waals surface area contributed by atoms with Gasteiger partial charge in [0.15, 0.2) is 5.78 Å². The van der Waals surface area contributed by atoms with Crippen LogP contribution in [0.25, 0.3) is 0 Å². The number of hydrogen-bond acceptors (Lipinski definition) is 3. The summed E-state index contributed by atoms with van der Waals surface area (Å²) in [6.45, 7) is 6.85. The minimum atomic E-state index is -0.135. The first kappa shape index (κ1) is 24.1. The maximum Gasteiger partial charge on any atom is 0.201 e. The molecule has 3 nitrogen and oxygen atoms in total. The lowest BCUT2D eigenvalue weighted by Gasteiger charge is -2.59. The van der Waals surface area contributed by atoms with E-state index in [1.54, 1.807) is 0 Å². The largest absolute Gasteiger partial charge is 0.299 e. The van der Waals surface area contributed by atoms with Gasteiger partial charge in [0.2, 0.25) is 5.78 Å². The summed E-state index contributed by atoms with van der Waals surface area (Å²) in [4.78, 5) is 38.1. The zero-order valence-electron chi connectivity index (χ0n) is 20.9. The van der Waals surface area contributed by atoms with Gasteiger partial charge in [-0.3, -0.25) is 14.4 Å². The van der Waals surface area contributed by atoms with E-state index in [1.807, 2.05) is 0 Å². The summed E-state index contributed by atoms with van der Waals surface area (Å²) in [7, 11) is 0. The zero-order valence-corrected chi connectivity index (χ0v) is 20.9. The first-order valence-electron chi connectivity index (χ1n) is 13.9. The molecule has 4 rings (SSSR count). The first-order chi connectivity index (χ1) is 15.3. The van der Waals surface area contributed by atoms with Crippen LogP contribution < -0.4 is 0 Å². The van der Waals surface area contributed by atoms with Crippen LogP contribution in [-0.4, -0.2) is 17.3 Å². The highest BCUT2D eigenvalue weighted by Crippen LogP contribution is 2.66. The van der Waals surface area contributed by atoms with E-state index < -0.39 is 0 Å². The molecule has 0 N–H and O–H groups in total. The molecule has 32 heavy (non-hydrogen) atoms. The van der Waals surface area contributed by atoms with Crippen molar-refractivity contribution < 1.29 is 14.4 Å². The summed E-state index contributed by atoms with van der Waals surface area (Å²) in [5, 5.41) is 0. The normalized spacial score (nSPS) is 41.3. The van der Waals surface area contributed by atoms with E-state index >= 15 is 0 Å². The Morgan fingerprint density at radius 3 is 2.25 bits per heavy atom. The first-order valence-corrected chi connectivity index (χ1v) is 13.9. The van der Waals surface area contributed by atoms with Gasteiger partial charge in [-0.2, -0.15) is 0 Å². The molecule has 0 radical (unpaired) electrons. The van der Waals surface area contributed by atoms with Gasteiger partial charge >= 0.3 is 0 Å². The van der Waals surface area contributed by atoms with Crippen molar-refractivity contribution in [2.24, 2.45) is 40.4 Å². The van der Waals surface area contributed by atoms with E-state index in [0.717, 1.165) is 38.5 Å². The van der Waals surface area contributed by atoms with Crippen LogP contribution in [0.2, 0.25) is 0 Å². The van der Waals surface area contributed by atoms with Crippen molar-refractivity contribution in [3.63, 3.8) is 0 Å². The second-order valence-electron chi connectivity index (χ2n) is 12.3. The van der Waals surface area contributed by atoms with E-state index in [-0.39, 0.29) is 28.3 Å². The summed E-state index contributed by atoms with van der Waals surface area (Å²) < 4.78 is 0. The number of fused-ring (bicyclic) bond motifs is 5. The minimum Gasteiger partial charge on any atom is -0.299 e. The molecule has 4 aliphatic rings. The third kappa shape index (κ3) is 4.16. The summed E-state index contributed by atoms with van der Waals surface area (Å²) in [5.74, 6) is 2.39. The minimum absolute atomic E-state index is 0.0239. The Morgan fingerprint density at radius 1 is 0.844 bits per heavy atom. The average molecular weight is 443 g/mol. The molecular formula is C29H46O3. The van der Waals surface area contributed by atoms with Gasteiger partial charge in [-0.1, -0.05) is 72.1 Å². The Labute approximate surface area is 195 Å². The van der Waals surface area contributed by atoms with Gasteiger partial charge in [0.05, 0.1) is 0 Å². The van der Waals surface area contributed by atoms with Crippen LogP contribution in [0.15, 0.2) is 0 Å². The molecule has 4 saturated carbocycles. The van der Waals surface area contributed by atoms with Gasteiger partial charge in [0.1, 0.15) is 5.78 Å². The number of rotatable bonds is 9. The Morgan fingerprint density at radius 2 is 1.53 bits per heavy atom. The lowest BCUT2D eigenvalue weighted by atomic mass is 9.44. The smallest absolute Gasteiger partial charge is 0.201 e. The summed E-state index contributed by atoms with van der Waals surface area (Å²) in [6, 6.07) is 0. The SMILES string of the molecule is CCCCCCCCCCC1CC(=O)[C@@]2(C)CC[C@@H]3[C@@H](CCC4C(=O)C(=O)CC[C@@]43C)[C@H]12. The van der Waals surface area contributed by atoms with Crippen LogP contribution in [-0.2, 0) is 14.4 Å². The van der Waals surface area contributed by atoms with Crippen LogP contribution in [0.3, 0.4) is 0 Å². The van der Waals surface area contributed by atoms with Crippen LogP contribution >= 0.6 is 0 Å². The van der Waals surface area contributed by atoms with E-state index in [9.17, 15) is 14.4 Å². The lowest BCUT2D eigenvalue weighted by molar-refractivity contribution is -0.160. The van der Waals surface area contributed by atoms with Gasteiger partial charge in [-0.15, -0.1) is 0 Å². The van der Waals surface area contributed by atoms with Crippen LogP contribution in [0, 0.1) is 40.4 Å². The van der Waals surface area contributed by atoms with Crippen molar-refractivity contribution >= 4 is 17.3 Å². The molecule has 2 unspecified atom stereocenters. The fourth-order valence-electron chi connectivity index (χ4n) is 8.81. The maximum absolute atomic E-state index is 13.2. The van der Waals surface area contributed by atoms with Crippen LogP contribution in [0.4, 0.5) is 0 Å². The molecule has 180 valence electrons. The van der Waals surface area contributed by atoms with Gasteiger partial charge in [0.25, 0.3) is 0 Å². The molecule has 0 aromatic heterocycles.